The number of thioether (sulfide) groups is 1. The fourth-order valence-corrected chi connectivity index (χ4v) is 1.99. The summed E-state index contributed by atoms with van der Waals surface area (Å²) < 4.78 is 0. The van der Waals surface area contributed by atoms with Crippen molar-refractivity contribution in [3.8, 4) is 0 Å². The number of aromatic nitrogens is 1. The Hall–Kier alpha value is -1.76. The minimum atomic E-state index is -0.914. The van der Waals surface area contributed by atoms with Crippen LogP contribution in [0.4, 0.5) is 4.79 Å². The molecular formula is C13H19N3O3S. The smallest absolute Gasteiger partial charge is 0.317 e. The Morgan fingerprint density at radius 2 is 2.25 bits per heavy atom. The van der Waals surface area contributed by atoms with Crippen molar-refractivity contribution in [2.45, 2.75) is 18.5 Å². The van der Waals surface area contributed by atoms with Crippen molar-refractivity contribution in [2.24, 2.45) is 5.92 Å². The third-order valence-corrected chi connectivity index (χ3v) is 3.41. The average molecular weight is 297 g/mol. The molecule has 2 amide bonds. The fraction of sp³-hybridized carbons (Fsp3) is 0.462. The van der Waals surface area contributed by atoms with E-state index in [1.807, 2.05) is 18.4 Å². The number of urea groups is 1. The predicted molar refractivity (Wildman–Crippen MR) is 77.7 cm³/mol. The van der Waals surface area contributed by atoms with Gasteiger partial charge in [0.2, 0.25) is 0 Å². The first-order chi connectivity index (χ1) is 9.43. The lowest BCUT2D eigenvalue weighted by Gasteiger charge is -2.20. The number of nitrogens with one attached hydrogen (secondary N) is 1. The zero-order chi connectivity index (χ0) is 15.1. The van der Waals surface area contributed by atoms with Gasteiger partial charge >= 0.3 is 12.0 Å². The standard InChI is InChI=1S/C13H19N3O3S/c1-9(12(17)18)8-16(2)13(19)15-7-10-4-5-14-11(6-10)20-3/h4-6,9H,7-8H2,1-3H3,(H,15,19)(H,17,18). The number of hydrogen-bond acceptors (Lipinski definition) is 4. The zero-order valence-electron chi connectivity index (χ0n) is 11.8. The Balaban J connectivity index is 2.47. The third kappa shape index (κ3) is 5.08. The fourth-order valence-electron chi connectivity index (χ4n) is 1.56. The molecule has 0 aliphatic heterocycles. The molecule has 110 valence electrons. The van der Waals surface area contributed by atoms with E-state index in [-0.39, 0.29) is 12.6 Å². The number of carbonyl (C=O) groups excluding carboxylic acids is 1. The zero-order valence-corrected chi connectivity index (χ0v) is 12.6. The van der Waals surface area contributed by atoms with Crippen molar-refractivity contribution in [1.29, 1.82) is 0 Å². The molecule has 1 aromatic heterocycles. The molecule has 1 aromatic rings. The molecular weight excluding hydrogens is 278 g/mol. The number of pyridine rings is 1. The number of hydrogen-bond donors (Lipinski definition) is 2. The molecule has 0 aliphatic rings. The summed E-state index contributed by atoms with van der Waals surface area (Å²) in [6, 6.07) is 3.45. The first kappa shape index (κ1) is 16.3. The van der Waals surface area contributed by atoms with Gasteiger partial charge in [0.1, 0.15) is 0 Å². The Morgan fingerprint density at radius 1 is 1.55 bits per heavy atom. The molecule has 7 heteroatoms. The molecule has 1 heterocycles. The van der Waals surface area contributed by atoms with E-state index >= 15 is 0 Å². The van der Waals surface area contributed by atoms with E-state index in [0.717, 1.165) is 10.6 Å². The van der Waals surface area contributed by atoms with Crippen molar-refractivity contribution in [2.75, 3.05) is 19.8 Å². The highest BCUT2D eigenvalue weighted by Crippen LogP contribution is 2.12. The lowest BCUT2D eigenvalue weighted by Crippen LogP contribution is -2.40. The molecule has 0 spiro atoms. The Bertz CT molecular complexity index is 482. The van der Waals surface area contributed by atoms with Gasteiger partial charge in [-0.2, -0.15) is 0 Å². The molecule has 0 saturated carbocycles. The summed E-state index contributed by atoms with van der Waals surface area (Å²) in [6.07, 6.45) is 3.63. The van der Waals surface area contributed by atoms with Crippen LogP contribution in [0.5, 0.6) is 0 Å². The van der Waals surface area contributed by atoms with Crippen molar-refractivity contribution < 1.29 is 14.7 Å². The predicted octanol–water partition coefficient (Wildman–Crippen LogP) is 1.67. The number of aliphatic carboxylic acids is 1. The number of carboxylic acids is 1. The van der Waals surface area contributed by atoms with Crippen molar-refractivity contribution in [3.63, 3.8) is 0 Å². The van der Waals surface area contributed by atoms with E-state index in [0.29, 0.717) is 6.54 Å². The van der Waals surface area contributed by atoms with Crippen LogP contribution in [0.2, 0.25) is 0 Å². The molecule has 0 aliphatic carbocycles. The van der Waals surface area contributed by atoms with Gasteiger partial charge in [0.05, 0.1) is 10.9 Å². The maximum atomic E-state index is 11.8. The maximum Gasteiger partial charge on any atom is 0.317 e. The highest BCUT2D eigenvalue weighted by atomic mass is 32.2. The minimum Gasteiger partial charge on any atom is -0.481 e. The van der Waals surface area contributed by atoms with Crippen LogP contribution in [0.3, 0.4) is 0 Å². The molecule has 2 N–H and O–H groups in total. The topological polar surface area (TPSA) is 82.5 Å². The van der Waals surface area contributed by atoms with Gasteiger partial charge in [0.25, 0.3) is 0 Å². The highest BCUT2D eigenvalue weighted by molar-refractivity contribution is 7.98. The van der Waals surface area contributed by atoms with E-state index < -0.39 is 11.9 Å². The number of carboxylic acid groups (broad SMARTS) is 1. The Labute approximate surface area is 122 Å². The van der Waals surface area contributed by atoms with E-state index in [1.165, 1.54) is 16.7 Å². The monoisotopic (exact) mass is 297 g/mol. The number of rotatable bonds is 6. The molecule has 1 rings (SSSR count). The van der Waals surface area contributed by atoms with Gasteiger partial charge in [0.15, 0.2) is 0 Å². The van der Waals surface area contributed by atoms with Gasteiger partial charge in [-0.25, -0.2) is 9.78 Å². The molecule has 20 heavy (non-hydrogen) atoms. The summed E-state index contributed by atoms with van der Waals surface area (Å²) in [6.45, 7) is 2.13. The second-order valence-electron chi connectivity index (χ2n) is 4.48. The minimum absolute atomic E-state index is 0.174. The maximum absolute atomic E-state index is 11.8. The van der Waals surface area contributed by atoms with Gasteiger partial charge in [-0.1, -0.05) is 6.92 Å². The van der Waals surface area contributed by atoms with Crippen LogP contribution in [0.15, 0.2) is 23.4 Å². The van der Waals surface area contributed by atoms with Gasteiger partial charge in [-0.3, -0.25) is 4.79 Å². The van der Waals surface area contributed by atoms with Gasteiger partial charge in [-0.15, -0.1) is 11.8 Å². The Kier molecular flexibility index (Phi) is 6.30. The summed E-state index contributed by atoms with van der Waals surface area (Å²) in [7, 11) is 1.58. The average Bonchev–Trinajstić information content (AvgIpc) is 2.44. The second kappa shape index (κ2) is 7.74. The van der Waals surface area contributed by atoms with E-state index in [4.69, 9.17) is 5.11 Å². The Morgan fingerprint density at radius 3 is 2.85 bits per heavy atom. The lowest BCUT2D eigenvalue weighted by atomic mass is 10.2. The van der Waals surface area contributed by atoms with Crippen LogP contribution in [-0.2, 0) is 11.3 Å². The van der Waals surface area contributed by atoms with Crippen molar-refractivity contribution in [3.05, 3.63) is 23.9 Å². The van der Waals surface area contributed by atoms with Gasteiger partial charge < -0.3 is 15.3 Å². The largest absolute Gasteiger partial charge is 0.481 e. The van der Waals surface area contributed by atoms with Gasteiger partial charge in [-0.05, 0) is 24.0 Å². The number of nitrogens with zero attached hydrogens (tertiary/aromatic N) is 2. The summed E-state index contributed by atoms with van der Waals surface area (Å²) >= 11 is 1.54. The van der Waals surface area contributed by atoms with Crippen LogP contribution in [-0.4, -0.2) is 46.8 Å². The molecule has 0 fully saturated rings. The molecule has 0 radical (unpaired) electrons. The van der Waals surface area contributed by atoms with E-state index in [2.05, 4.69) is 10.3 Å². The summed E-state index contributed by atoms with van der Waals surface area (Å²) in [4.78, 5) is 28.1. The molecule has 6 nitrogen and oxygen atoms in total. The van der Waals surface area contributed by atoms with Crippen LogP contribution >= 0.6 is 11.8 Å². The SMILES string of the molecule is CSc1cc(CNC(=O)N(C)CC(C)C(=O)O)ccn1. The first-order valence-corrected chi connectivity index (χ1v) is 7.37. The third-order valence-electron chi connectivity index (χ3n) is 2.77. The molecule has 1 unspecified atom stereocenters. The van der Waals surface area contributed by atoms with Gasteiger partial charge in [0, 0.05) is 26.3 Å². The molecule has 0 aromatic carbocycles. The van der Waals surface area contributed by atoms with Crippen LogP contribution < -0.4 is 5.32 Å². The first-order valence-electron chi connectivity index (χ1n) is 6.14. The summed E-state index contributed by atoms with van der Waals surface area (Å²) in [5.74, 6) is -1.50. The normalized spacial score (nSPS) is 11.8. The summed E-state index contributed by atoms with van der Waals surface area (Å²) in [5.41, 5.74) is 0.956. The molecule has 0 saturated heterocycles. The summed E-state index contributed by atoms with van der Waals surface area (Å²) in [5, 5.41) is 12.5. The van der Waals surface area contributed by atoms with E-state index in [1.54, 1.807) is 20.2 Å². The van der Waals surface area contributed by atoms with Crippen LogP contribution in [0, 0.1) is 5.92 Å². The van der Waals surface area contributed by atoms with Crippen LogP contribution in [0.1, 0.15) is 12.5 Å². The van der Waals surface area contributed by atoms with Crippen molar-refractivity contribution in [1.82, 2.24) is 15.2 Å². The second-order valence-corrected chi connectivity index (χ2v) is 5.31. The highest BCUT2D eigenvalue weighted by Gasteiger charge is 2.16. The quantitative estimate of drug-likeness (QED) is 0.780. The lowest BCUT2D eigenvalue weighted by molar-refractivity contribution is -0.141. The van der Waals surface area contributed by atoms with E-state index in [9.17, 15) is 9.59 Å². The number of carbonyl (C=O) groups is 2. The molecule has 0 bridgehead atoms. The number of amides is 2. The van der Waals surface area contributed by atoms with Crippen LogP contribution in [0.25, 0.3) is 0 Å². The van der Waals surface area contributed by atoms with Crippen molar-refractivity contribution >= 4 is 23.8 Å². The molecule has 1 atom stereocenters.